The van der Waals surface area contributed by atoms with Crippen LogP contribution in [0.1, 0.15) is 142 Å². The van der Waals surface area contributed by atoms with E-state index in [-0.39, 0.29) is 6.42 Å². The van der Waals surface area contributed by atoms with Gasteiger partial charge in [-0.05, 0) is 6.42 Å². The Hall–Kier alpha value is -1.02. The molecule has 0 spiro atoms. The summed E-state index contributed by atoms with van der Waals surface area (Å²) in [6, 6.07) is 0. The first-order valence-corrected chi connectivity index (χ1v) is 14.0. The monoisotopic (exact) mass is 536 g/mol. The maximum Gasteiger partial charge on any atom is 0.460 e. The molecule has 0 aromatic rings. The highest BCUT2D eigenvalue weighted by atomic mass is 19.4. The number of carbonyl (C=O) groups excluding carboxylic acids is 1. The van der Waals surface area contributed by atoms with E-state index in [0.29, 0.717) is 6.42 Å². The molecular formula is C27H47F7O2. The third-order valence-corrected chi connectivity index (χ3v) is 6.49. The van der Waals surface area contributed by atoms with E-state index in [4.69, 9.17) is 0 Å². The molecule has 0 radical (unpaired) electrons. The Morgan fingerprint density at radius 1 is 0.500 bits per heavy atom. The first kappa shape index (κ1) is 35.0. The Kier molecular flexibility index (Phi) is 19.4. The van der Waals surface area contributed by atoms with E-state index in [2.05, 4.69) is 11.7 Å². The number of hydrogen-bond donors (Lipinski definition) is 0. The molecule has 0 unspecified atom stereocenters. The first-order chi connectivity index (χ1) is 17.0. The summed E-state index contributed by atoms with van der Waals surface area (Å²) in [5, 5.41) is 0. The zero-order valence-corrected chi connectivity index (χ0v) is 22.0. The van der Waals surface area contributed by atoms with Gasteiger partial charge >= 0.3 is 24.0 Å². The summed E-state index contributed by atoms with van der Waals surface area (Å²) in [5.74, 6) is -15.3. The maximum absolute atomic E-state index is 13.1. The second kappa shape index (κ2) is 20.0. The molecule has 0 bridgehead atoms. The summed E-state index contributed by atoms with van der Waals surface area (Å²) in [7, 11) is 0. The van der Waals surface area contributed by atoms with Crippen LogP contribution in [0.5, 0.6) is 0 Å². The van der Waals surface area contributed by atoms with Crippen LogP contribution in [-0.2, 0) is 9.53 Å². The largest absolute Gasteiger partial charge is 0.461 e. The predicted octanol–water partition coefficient (Wildman–Crippen LogP) is 10.6. The van der Waals surface area contributed by atoms with Crippen molar-refractivity contribution in [2.45, 2.75) is 160 Å². The second-order valence-electron chi connectivity index (χ2n) is 9.85. The SMILES string of the molecule is CCCCCCCCCCCCCCCCCCCCCCCOC(=O)C(F)(F)C(F)(F)C(F)(F)F. The molecule has 0 atom stereocenters. The number of hydrogen-bond acceptors (Lipinski definition) is 2. The average molecular weight is 537 g/mol. The summed E-state index contributed by atoms with van der Waals surface area (Å²) in [4.78, 5) is 11.0. The van der Waals surface area contributed by atoms with E-state index in [0.717, 1.165) is 32.1 Å². The lowest BCUT2D eigenvalue weighted by Gasteiger charge is -2.26. The van der Waals surface area contributed by atoms with Gasteiger partial charge in [0.1, 0.15) is 0 Å². The number of esters is 1. The van der Waals surface area contributed by atoms with Crippen LogP contribution in [0.4, 0.5) is 30.7 Å². The topological polar surface area (TPSA) is 26.3 Å². The minimum Gasteiger partial charge on any atom is -0.461 e. The highest BCUT2D eigenvalue weighted by molar-refractivity contribution is 5.79. The average Bonchev–Trinajstić information content (AvgIpc) is 2.81. The lowest BCUT2D eigenvalue weighted by molar-refractivity contribution is -0.348. The van der Waals surface area contributed by atoms with Crippen LogP contribution in [0.3, 0.4) is 0 Å². The van der Waals surface area contributed by atoms with Crippen LogP contribution in [0.2, 0.25) is 0 Å². The van der Waals surface area contributed by atoms with Gasteiger partial charge < -0.3 is 4.74 Å². The third-order valence-electron chi connectivity index (χ3n) is 6.49. The zero-order chi connectivity index (χ0) is 27.3. The van der Waals surface area contributed by atoms with Gasteiger partial charge in [0.05, 0.1) is 6.61 Å². The maximum atomic E-state index is 13.1. The lowest BCUT2D eigenvalue weighted by atomic mass is 10.0. The summed E-state index contributed by atoms with van der Waals surface area (Å²) < 4.78 is 91.8. The Bertz CT molecular complexity index is 537. The Balaban J connectivity index is 3.45. The molecule has 9 heteroatoms. The van der Waals surface area contributed by atoms with Crippen molar-refractivity contribution >= 4 is 5.97 Å². The fourth-order valence-electron chi connectivity index (χ4n) is 4.10. The van der Waals surface area contributed by atoms with Gasteiger partial charge in [-0.15, -0.1) is 0 Å². The van der Waals surface area contributed by atoms with Crippen molar-refractivity contribution < 1.29 is 40.3 Å². The second-order valence-corrected chi connectivity index (χ2v) is 9.85. The van der Waals surface area contributed by atoms with Crippen LogP contribution >= 0.6 is 0 Å². The minimum atomic E-state index is -6.54. The molecule has 2 nitrogen and oxygen atoms in total. The molecule has 0 aliphatic rings. The van der Waals surface area contributed by atoms with Gasteiger partial charge in [0.25, 0.3) is 0 Å². The number of unbranched alkanes of at least 4 members (excludes halogenated alkanes) is 20. The molecule has 36 heavy (non-hydrogen) atoms. The fourth-order valence-corrected chi connectivity index (χ4v) is 4.10. The Morgan fingerprint density at radius 3 is 1.06 bits per heavy atom. The van der Waals surface area contributed by atoms with Crippen LogP contribution in [0.25, 0.3) is 0 Å². The van der Waals surface area contributed by atoms with E-state index in [1.165, 1.54) is 89.9 Å². The zero-order valence-electron chi connectivity index (χ0n) is 22.0. The van der Waals surface area contributed by atoms with Gasteiger partial charge in [-0.2, -0.15) is 30.7 Å². The number of ether oxygens (including phenoxy) is 1. The van der Waals surface area contributed by atoms with Gasteiger partial charge in [0.2, 0.25) is 0 Å². The third kappa shape index (κ3) is 15.3. The van der Waals surface area contributed by atoms with Crippen molar-refractivity contribution in [1.82, 2.24) is 0 Å². The van der Waals surface area contributed by atoms with Gasteiger partial charge in [0.15, 0.2) is 0 Å². The first-order valence-electron chi connectivity index (χ1n) is 14.0. The highest BCUT2D eigenvalue weighted by Crippen LogP contribution is 2.47. The van der Waals surface area contributed by atoms with Gasteiger partial charge in [-0.25, -0.2) is 4.79 Å². The molecule has 0 aliphatic heterocycles. The van der Waals surface area contributed by atoms with Crippen molar-refractivity contribution in [2.75, 3.05) is 6.61 Å². The lowest BCUT2D eigenvalue weighted by Crippen LogP contribution is -2.56. The molecular weight excluding hydrogens is 489 g/mol. The van der Waals surface area contributed by atoms with Crippen LogP contribution in [0, 0.1) is 0 Å². The smallest absolute Gasteiger partial charge is 0.460 e. The van der Waals surface area contributed by atoms with Crippen molar-refractivity contribution in [2.24, 2.45) is 0 Å². The van der Waals surface area contributed by atoms with Crippen LogP contribution in [-0.4, -0.2) is 30.6 Å². The summed E-state index contributed by atoms with van der Waals surface area (Å²) >= 11 is 0. The number of alkyl halides is 7. The standard InChI is InChI=1S/C27H47F7O2/c1-2-3-4-5-6-7-8-9-10-11-12-13-14-15-16-17-18-19-20-21-22-23-36-24(35)25(28,29)26(30,31)27(32,33)34/h2-23H2,1H3. The molecule has 0 amide bonds. The van der Waals surface area contributed by atoms with Crippen molar-refractivity contribution in [1.29, 1.82) is 0 Å². The quantitative estimate of drug-likeness (QED) is 0.0697. The van der Waals surface area contributed by atoms with Gasteiger partial charge in [-0.1, -0.05) is 135 Å². The molecule has 0 saturated carbocycles. The van der Waals surface area contributed by atoms with E-state index in [1.807, 2.05) is 0 Å². The summed E-state index contributed by atoms with van der Waals surface area (Å²) in [5.41, 5.74) is 0. The van der Waals surface area contributed by atoms with Gasteiger partial charge in [-0.3, -0.25) is 0 Å². The van der Waals surface area contributed by atoms with Crippen molar-refractivity contribution in [3.05, 3.63) is 0 Å². The molecule has 0 aromatic carbocycles. The van der Waals surface area contributed by atoms with E-state index >= 15 is 0 Å². The predicted molar refractivity (Wildman–Crippen MR) is 130 cm³/mol. The van der Waals surface area contributed by atoms with Crippen molar-refractivity contribution in [3.8, 4) is 0 Å². The Morgan fingerprint density at radius 2 is 0.778 bits per heavy atom. The fraction of sp³-hybridized carbons (Fsp3) is 0.963. The number of halogens is 7. The molecule has 0 aromatic heterocycles. The molecule has 216 valence electrons. The molecule has 0 rings (SSSR count). The molecule has 0 N–H and O–H groups in total. The van der Waals surface area contributed by atoms with E-state index < -0.39 is 30.6 Å². The normalized spacial score (nSPS) is 12.8. The minimum absolute atomic E-state index is 0.137. The molecule has 0 aliphatic carbocycles. The van der Waals surface area contributed by atoms with Crippen molar-refractivity contribution in [3.63, 3.8) is 0 Å². The summed E-state index contributed by atoms with van der Waals surface area (Å²) in [6.45, 7) is 1.63. The summed E-state index contributed by atoms with van der Waals surface area (Å²) in [6.07, 6.45) is 17.7. The molecule has 0 saturated heterocycles. The van der Waals surface area contributed by atoms with Crippen LogP contribution < -0.4 is 0 Å². The molecule has 0 fully saturated rings. The van der Waals surface area contributed by atoms with E-state index in [1.54, 1.807) is 0 Å². The Labute approximate surface area is 213 Å². The molecule has 0 heterocycles. The van der Waals surface area contributed by atoms with E-state index in [9.17, 15) is 35.5 Å². The van der Waals surface area contributed by atoms with Gasteiger partial charge in [0, 0.05) is 0 Å². The highest BCUT2D eigenvalue weighted by Gasteiger charge is 2.77. The number of rotatable bonds is 24. The van der Waals surface area contributed by atoms with Crippen LogP contribution in [0.15, 0.2) is 0 Å². The number of carbonyl (C=O) groups is 1.